The van der Waals surface area contributed by atoms with Gasteiger partial charge in [0.05, 0.1) is 24.2 Å². The molecule has 0 amide bonds. The lowest BCUT2D eigenvalue weighted by Crippen LogP contribution is -2.39. The predicted molar refractivity (Wildman–Crippen MR) is 73.6 cm³/mol. The first kappa shape index (κ1) is 14.2. The van der Waals surface area contributed by atoms with E-state index in [4.69, 9.17) is 9.47 Å². The number of nitro groups is 1. The molecule has 1 spiro atoms. The minimum atomic E-state index is -0.609. The zero-order chi connectivity index (χ0) is 14.9. The SMILES string of the molecule is O=[N+]([O-])c1cc(F)ccc1NC1CCC2(CC1)OCCO2. The highest BCUT2D eigenvalue weighted by molar-refractivity contribution is 5.61. The Morgan fingerprint density at radius 3 is 2.57 bits per heavy atom. The van der Waals surface area contributed by atoms with Crippen molar-refractivity contribution in [3.8, 4) is 0 Å². The van der Waals surface area contributed by atoms with Crippen LogP contribution in [0.1, 0.15) is 25.7 Å². The molecule has 1 aliphatic heterocycles. The fourth-order valence-electron chi connectivity index (χ4n) is 2.99. The average Bonchev–Trinajstić information content (AvgIpc) is 2.92. The predicted octanol–water partition coefficient (Wildman–Crippen LogP) is 2.83. The smallest absolute Gasteiger partial charge is 0.295 e. The Labute approximate surface area is 121 Å². The number of benzene rings is 1. The standard InChI is InChI=1S/C14H17FN2O4/c15-10-1-2-12(13(9-10)17(18)19)16-11-3-5-14(6-4-11)20-7-8-21-14/h1-2,9,11,16H,3-8H2. The van der Waals surface area contributed by atoms with Gasteiger partial charge in [0.15, 0.2) is 5.79 Å². The second kappa shape index (κ2) is 5.57. The van der Waals surface area contributed by atoms with Crippen molar-refractivity contribution in [2.45, 2.75) is 37.5 Å². The summed E-state index contributed by atoms with van der Waals surface area (Å²) in [6.07, 6.45) is 3.13. The molecule has 1 saturated carbocycles. The van der Waals surface area contributed by atoms with E-state index < -0.39 is 16.5 Å². The largest absolute Gasteiger partial charge is 0.377 e. The molecule has 1 aromatic rings. The number of nitrogens with one attached hydrogen (secondary N) is 1. The van der Waals surface area contributed by atoms with Gasteiger partial charge in [-0.3, -0.25) is 10.1 Å². The van der Waals surface area contributed by atoms with Gasteiger partial charge < -0.3 is 14.8 Å². The van der Waals surface area contributed by atoms with Gasteiger partial charge in [-0.1, -0.05) is 0 Å². The summed E-state index contributed by atoms with van der Waals surface area (Å²) >= 11 is 0. The van der Waals surface area contributed by atoms with Crippen molar-refractivity contribution >= 4 is 11.4 Å². The molecule has 1 saturated heterocycles. The molecule has 3 rings (SSSR count). The van der Waals surface area contributed by atoms with Crippen molar-refractivity contribution in [3.05, 3.63) is 34.1 Å². The van der Waals surface area contributed by atoms with Crippen LogP contribution in [0.5, 0.6) is 0 Å². The molecular formula is C14H17FN2O4. The first-order valence-electron chi connectivity index (χ1n) is 7.06. The van der Waals surface area contributed by atoms with Crippen LogP contribution in [0.25, 0.3) is 0 Å². The quantitative estimate of drug-likeness (QED) is 0.686. The number of nitrogens with zero attached hydrogens (tertiary/aromatic N) is 1. The van der Waals surface area contributed by atoms with E-state index in [9.17, 15) is 14.5 Å². The fraction of sp³-hybridized carbons (Fsp3) is 0.571. The topological polar surface area (TPSA) is 73.6 Å². The molecule has 0 aromatic heterocycles. The molecule has 114 valence electrons. The Hall–Kier alpha value is -1.73. The molecule has 0 unspecified atom stereocenters. The molecule has 2 fully saturated rings. The van der Waals surface area contributed by atoms with Crippen LogP contribution in [0, 0.1) is 15.9 Å². The van der Waals surface area contributed by atoms with Crippen LogP contribution in [0.15, 0.2) is 18.2 Å². The zero-order valence-corrected chi connectivity index (χ0v) is 11.5. The number of hydrogen-bond donors (Lipinski definition) is 1. The Morgan fingerprint density at radius 1 is 1.29 bits per heavy atom. The number of nitro benzene ring substituents is 1. The first-order valence-corrected chi connectivity index (χ1v) is 7.06. The van der Waals surface area contributed by atoms with Crippen molar-refractivity contribution in [1.29, 1.82) is 0 Å². The highest BCUT2D eigenvalue weighted by Gasteiger charge is 2.40. The van der Waals surface area contributed by atoms with Crippen LogP contribution >= 0.6 is 0 Å². The Balaban J connectivity index is 1.66. The lowest BCUT2D eigenvalue weighted by atomic mass is 9.90. The van der Waals surface area contributed by atoms with E-state index in [1.807, 2.05) is 0 Å². The summed E-state index contributed by atoms with van der Waals surface area (Å²) in [6, 6.07) is 3.69. The van der Waals surface area contributed by atoms with Gasteiger partial charge in [0, 0.05) is 18.9 Å². The summed E-state index contributed by atoms with van der Waals surface area (Å²) in [5.41, 5.74) is 0.124. The molecule has 6 nitrogen and oxygen atoms in total. The van der Waals surface area contributed by atoms with E-state index in [0.29, 0.717) is 18.9 Å². The van der Waals surface area contributed by atoms with Gasteiger partial charge in [-0.05, 0) is 25.0 Å². The molecule has 2 aliphatic rings. The summed E-state index contributed by atoms with van der Waals surface area (Å²) in [5.74, 6) is -1.06. The third-order valence-corrected chi connectivity index (χ3v) is 4.08. The van der Waals surface area contributed by atoms with Gasteiger partial charge in [-0.2, -0.15) is 0 Å². The molecule has 1 aliphatic carbocycles. The fourth-order valence-corrected chi connectivity index (χ4v) is 2.99. The molecule has 7 heteroatoms. The second-order valence-electron chi connectivity index (χ2n) is 5.44. The monoisotopic (exact) mass is 296 g/mol. The summed E-state index contributed by atoms with van der Waals surface area (Å²) in [7, 11) is 0. The summed E-state index contributed by atoms with van der Waals surface area (Å²) < 4.78 is 24.4. The van der Waals surface area contributed by atoms with E-state index in [0.717, 1.165) is 31.7 Å². The van der Waals surface area contributed by atoms with Crippen molar-refractivity contribution in [1.82, 2.24) is 0 Å². The lowest BCUT2D eigenvalue weighted by molar-refractivity contribution is -0.384. The number of hydrogen-bond acceptors (Lipinski definition) is 5. The highest BCUT2D eigenvalue weighted by Crippen LogP contribution is 2.37. The van der Waals surface area contributed by atoms with Gasteiger partial charge in [0.25, 0.3) is 5.69 Å². The summed E-state index contributed by atoms with van der Waals surface area (Å²) in [5, 5.41) is 14.1. The van der Waals surface area contributed by atoms with Crippen molar-refractivity contribution in [2.75, 3.05) is 18.5 Å². The minimum absolute atomic E-state index is 0.104. The van der Waals surface area contributed by atoms with Crippen LogP contribution in [-0.4, -0.2) is 30.0 Å². The minimum Gasteiger partial charge on any atom is -0.377 e. The van der Waals surface area contributed by atoms with Crippen LogP contribution in [0.3, 0.4) is 0 Å². The third-order valence-electron chi connectivity index (χ3n) is 4.08. The van der Waals surface area contributed by atoms with Crippen molar-refractivity contribution < 1.29 is 18.8 Å². The van der Waals surface area contributed by atoms with Gasteiger partial charge in [0.2, 0.25) is 0 Å². The average molecular weight is 296 g/mol. The summed E-state index contributed by atoms with van der Waals surface area (Å²) in [6.45, 7) is 1.25. The van der Waals surface area contributed by atoms with Gasteiger partial charge in [-0.25, -0.2) is 4.39 Å². The Bertz CT molecular complexity index is 536. The number of ether oxygens (including phenoxy) is 2. The maximum Gasteiger partial charge on any atom is 0.295 e. The van der Waals surface area contributed by atoms with Gasteiger partial charge in [-0.15, -0.1) is 0 Å². The van der Waals surface area contributed by atoms with E-state index >= 15 is 0 Å². The molecule has 1 aromatic carbocycles. The number of rotatable bonds is 3. The number of halogens is 1. The Kier molecular flexibility index (Phi) is 3.77. The first-order chi connectivity index (χ1) is 10.1. The second-order valence-corrected chi connectivity index (χ2v) is 5.44. The van der Waals surface area contributed by atoms with Crippen molar-refractivity contribution in [3.63, 3.8) is 0 Å². The molecule has 1 N–H and O–H groups in total. The molecular weight excluding hydrogens is 279 g/mol. The molecule has 0 atom stereocenters. The van der Waals surface area contributed by atoms with Crippen LogP contribution in [0.2, 0.25) is 0 Å². The maximum absolute atomic E-state index is 13.1. The van der Waals surface area contributed by atoms with Gasteiger partial charge in [0.1, 0.15) is 11.5 Å². The number of anilines is 1. The van der Waals surface area contributed by atoms with Gasteiger partial charge >= 0.3 is 0 Å². The van der Waals surface area contributed by atoms with Crippen LogP contribution in [0.4, 0.5) is 15.8 Å². The van der Waals surface area contributed by atoms with E-state index in [2.05, 4.69) is 5.32 Å². The van der Waals surface area contributed by atoms with Crippen LogP contribution < -0.4 is 5.32 Å². The van der Waals surface area contributed by atoms with E-state index in [1.54, 1.807) is 0 Å². The molecule has 0 radical (unpaired) electrons. The van der Waals surface area contributed by atoms with Crippen molar-refractivity contribution in [2.24, 2.45) is 0 Å². The Morgan fingerprint density at radius 2 is 1.95 bits per heavy atom. The molecule has 21 heavy (non-hydrogen) atoms. The van der Waals surface area contributed by atoms with E-state index in [1.165, 1.54) is 12.1 Å². The van der Waals surface area contributed by atoms with E-state index in [-0.39, 0.29) is 11.7 Å². The lowest BCUT2D eigenvalue weighted by Gasteiger charge is -2.35. The molecule has 1 heterocycles. The molecule has 0 bridgehead atoms. The summed E-state index contributed by atoms with van der Waals surface area (Å²) in [4.78, 5) is 10.4. The normalized spacial score (nSPS) is 21.6. The third kappa shape index (κ3) is 2.98. The highest BCUT2D eigenvalue weighted by atomic mass is 19.1. The maximum atomic E-state index is 13.1. The van der Waals surface area contributed by atoms with Crippen LogP contribution in [-0.2, 0) is 9.47 Å². The zero-order valence-electron chi connectivity index (χ0n) is 11.5.